The SMILES string of the molecule is O=C(CCNC(=O)c1cccs1)NCc1nc2ccccc2s1. The van der Waals surface area contributed by atoms with E-state index in [-0.39, 0.29) is 18.2 Å². The number of nitrogens with zero attached hydrogens (tertiary/aromatic N) is 1. The number of thiazole rings is 1. The van der Waals surface area contributed by atoms with Crippen molar-refractivity contribution >= 4 is 44.7 Å². The molecule has 2 heterocycles. The van der Waals surface area contributed by atoms with Crippen LogP contribution in [0.2, 0.25) is 0 Å². The Morgan fingerprint density at radius 1 is 1.09 bits per heavy atom. The van der Waals surface area contributed by atoms with Gasteiger partial charge in [0.15, 0.2) is 0 Å². The lowest BCUT2D eigenvalue weighted by atomic mass is 10.3. The van der Waals surface area contributed by atoms with Crippen molar-refractivity contribution in [2.24, 2.45) is 0 Å². The normalized spacial score (nSPS) is 10.6. The van der Waals surface area contributed by atoms with Crippen LogP contribution in [0.15, 0.2) is 41.8 Å². The highest BCUT2D eigenvalue weighted by molar-refractivity contribution is 7.18. The molecule has 3 rings (SSSR count). The summed E-state index contributed by atoms with van der Waals surface area (Å²) in [4.78, 5) is 28.7. The average molecular weight is 345 g/mol. The second-order valence-corrected chi connectivity index (χ2v) is 6.90. The maximum Gasteiger partial charge on any atom is 0.261 e. The van der Waals surface area contributed by atoms with Gasteiger partial charge in [0, 0.05) is 13.0 Å². The molecule has 0 saturated carbocycles. The fourth-order valence-electron chi connectivity index (χ4n) is 2.04. The number of aromatic nitrogens is 1. The Hall–Kier alpha value is -2.25. The summed E-state index contributed by atoms with van der Waals surface area (Å²) in [5.74, 6) is -0.241. The van der Waals surface area contributed by atoms with Gasteiger partial charge in [-0.1, -0.05) is 18.2 Å². The summed E-state index contributed by atoms with van der Waals surface area (Å²) in [6, 6.07) is 11.5. The Labute approximate surface area is 141 Å². The molecular formula is C16H15N3O2S2. The van der Waals surface area contributed by atoms with Crippen LogP contribution in [0, 0.1) is 0 Å². The van der Waals surface area contributed by atoms with Crippen LogP contribution in [0.25, 0.3) is 10.2 Å². The van der Waals surface area contributed by atoms with Crippen molar-refractivity contribution in [1.82, 2.24) is 15.6 Å². The number of para-hydroxylation sites is 1. The first kappa shape index (κ1) is 15.6. The molecule has 118 valence electrons. The zero-order chi connectivity index (χ0) is 16.1. The maximum atomic E-state index is 11.8. The third-order valence-electron chi connectivity index (χ3n) is 3.16. The molecule has 0 bridgehead atoms. The molecular weight excluding hydrogens is 330 g/mol. The molecule has 3 aromatic rings. The molecule has 2 N–H and O–H groups in total. The summed E-state index contributed by atoms with van der Waals surface area (Å²) in [5.41, 5.74) is 0.949. The molecule has 0 aliphatic heterocycles. The lowest BCUT2D eigenvalue weighted by molar-refractivity contribution is -0.121. The molecule has 0 unspecified atom stereocenters. The Balaban J connectivity index is 1.42. The van der Waals surface area contributed by atoms with Crippen molar-refractivity contribution in [3.05, 3.63) is 51.7 Å². The molecule has 0 fully saturated rings. The average Bonchev–Trinajstić information content (AvgIpc) is 3.21. The van der Waals surface area contributed by atoms with Gasteiger partial charge in [-0.2, -0.15) is 0 Å². The Morgan fingerprint density at radius 3 is 2.74 bits per heavy atom. The van der Waals surface area contributed by atoms with Gasteiger partial charge in [-0.25, -0.2) is 4.98 Å². The molecule has 0 spiro atoms. The van der Waals surface area contributed by atoms with Crippen LogP contribution < -0.4 is 10.6 Å². The monoisotopic (exact) mass is 345 g/mol. The summed E-state index contributed by atoms with van der Waals surface area (Å²) < 4.78 is 1.11. The van der Waals surface area contributed by atoms with Crippen LogP contribution in [0.1, 0.15) is 21.1 Å². The van der Waals surface area contributed by atoms with E-state index < -0.39 is 0 Å². The summed E-state index contributed by atoms with van der Waals surface area (Å²) in [5, 5.41) is 8.29. The van der Waals surface area contributed by atoms with Gasteiger partial charge in [-0.05, 0) is 23.6 Å². The second kappa shape index (κ2) is 7.34. The van der Waals surface area contributed by atoms with Gasteiger partial charge < -0.3 is 10.6 Å². The largest absolute Gasteiger partial charge is 0.351 e. The fraction of sp³-hybridized carbons (Fsp3) is 0.188. The topological polar surface area (TPSA) is 71.1 Å². The van der Waals surface area contributed by atoms with Gasteiger partial charge in [0.1, 0.15) is 5.01 Å². The molecule has 0 saturated heterocycles. The molecule has 23 heavy (non-hydrogen) atoms. The minimum absolute atomic E-state index is 0.101. The highest BCUT2D eigenvalue weighted by Crippen LogP contribution is 2.21. The van der Waals surface area contributed by atoms with E-state index in [0.29, 0.717) is 18.0 Å². The minimum Gasteiger partial charge on any atom is -0.351 e. The van der Waals surface area contributed by atoms with Gasteiger partial charge in [-0.3, -0.25) is 9.59 Å². The third kappa shape index (κ3) is 4.14. The number of amides is 2. The van der Waals surface area contributed by atoms with Gasteiger partial charge >= 0.3 is 0 Å². The van der Waals surface area contributed by atoms with E-state index in [0.717, 1.165) is 15.2 Å². The smallest absolute Gasteiger partial charge is 0.261 e. The molecule has 0 atom stereocenters. The van der Waals surface area contributed by atoms with Crippen molar-refractivity contribution in [2.45, 2.75) is 13.0 Å². The predicted molar refractivity (Wildman–Crippen MR) is 92.7 cm³/mol. The van der Waals surface area contributed by atoms with Crippen molar-refractivity contribution in [2.75, 3.05) is 6.54 Å². The molecule has 7 heteroatoms. The van der Waals surface area contributed by atoms with Crippen molar-refractivity contribution < 1.29 is 9.59 Å². The zero-order valence-corrected chi connectivity index (χ0v) is 13.9. The molecule has 2 aromatic heterocycles. The van der Waals surface area contributed by atoms with Crippen molar-refractivity contribution in [3.8, 4) is 0 Å². The molecule has 5 nitrogen and oxygen atoms in total. The first-order chi connectivity index (χ1) is 11.2. The highest BCUT2D eigenvalue weighted by Gasteiger charge is 2.08. The van der Waals surface area contributed by atoms with E-state index in [2.05, 4.69) is 15.6 Å². The van der Waals surface area contributed by atoms with E-state index in [4.69, 9.17) is 0 Å². The lowest BCUT2D eigenvalue weighted by Crippen LogP contribution is -2.30. The molecule has 0 aliphatic carbocycles. The summed E-state index contributed by atoms with van der Waals surface area (Å²) in [7, 11) is 0. The summed E-state index contributed by atoms with van der Waals surface area (Å²) in [6.45, 7) is 0.736. The minimum atomic E-state index is -0.140. The standard InChI is InChI=1S/C16H15N3O2S2/c20-14(7-8-17-16(21)13-6-3-9-22-13)18-10-15-19-11-4-1-2-5-12(11)23-15/h1-6,9H,7-8,10H2,(H,17,21)(H,18,20). The van der Waals surface area contributed by atoms with E-state index >= 15 is 0 Å². The van der Waals surface area contributed by atoms with Crippen molar-refractivity contribution in [1.29, 1.82) is 0 Å². The molecule has 0 radical (unpaired) electrons. The van der Waals surface area contributed by atoms with Crippen LogP contribution >= 0.6 is 22.7 Å². The van der Waals surface area contributed by atoms with Crippen LogP contribution in [0.4, 0.5) is 0 Å². The van der Waals surface area contributed by atoms with Crippen LogP contribution in [-0.4, -0.2) is 23.3 Å². The Bertz CT molecular complexity index is 779. The van der Waals surface area contributed by atoms with Crippen LogP contribution in [0.5, 0.6) is 0 Å². The van der Waals surface area contributed by atoms with Crippen molar-refractivity contribution in [3.63, 3.8) is 0 Å². The molecule has 2 amide bonds. The van der Waals surface area contributed by atoms with Crippen LogP contribution in [0.3, 0.4) is 0 Å². The van der Waals surface area contributed by atoms with E-state index in [9.17, 15) is 9.59 Å². The first-order valence-corrected chi connectivity index (χ1v) is 8.85. The number of fused-ring (bicyclic) bond motifs is 1. The van der Waals surface area contributed by atoms with Gasteiger partial charge in [0.05, 0.1) is 21.6 Å². The molecule has 1 aromatic carbocycles. The van der Waals surface area contributed by atoms with E-state index in [1.165, 1.54) is 11.3 Å². The number of hydrogen-bond acceptors (Lipinski definition) is 5. The van der Waals surface area contributed by atoms with E-state index in [1.54, 1.807) is 17.4 Å². The van der Waals surface area contributed by atoms with Crippen LogP contribution in [-0.2, 0) is 11.3 Å². The number of nitrogens with one attached hydrogen (secondary N) is 2. The predicted octanol–water partition coefficient (Wildman–Crippen LogP) is 2.79. The summed E-state index contributed by atoms with van der Waals surface area (Å²) >= 11 is 2.95. The molecule has 0 aliphatic rings. The van der Waals surface area contributed by atoms with Gasteiger partial charge in [-0.15, -0.1) is 22.7 Å². The number of hydrogen-bond donors (Lipinski definition) is 2. The quantitative estimate of drug-likeness (QED) is 0.722. The number of carbonyl (C=O) groups excluding carboxylic acids is 2. The number of carbonyl (C=O) groups is 2. The van der Waals surface area contributed by atoms with Gasteiger partial charge in [0.25, 0.3) is 5.91 Å². The lowest BCUT2D eigenvalue weighted by Gasteiger charge is -2.04. The third-order valence-corrected chi connectivity index (χ3v) is 5.06. The second-order valence-electron chi connectivity index (χ2n) is 4.84. The number of benzene rings is 1. The zero-order valence-electron chi connectivity index (χ0n) is 12.2. The van der Waals surface area contributed by atoms with E-state index in [1.807, 2.05) is 35.7 Å². The number of rotatable bonds is 6. The summed E-state index contributed by atoms with van der Waals surface area (Å²) in [6.07, 6.45) is 0.252. The number of thiophene rings is 1. The first-order valence-electron chi connectivity index (χ1n) is 7.15. The fourth-order valence-corrected chi connectivity index (χ4v) is 3.59. The van der Waals surface area contributed by atoms with Gasteiger partial charge in [0.2, 0.25) is 5.91 Å². The Kier molecular flexibility index (Phi) is 4.99. The Morgan fingerprint density at radius 2 is 1.96 bits per heavy atom. The highest BCUT2D eigenvalue weighted by atomic mass is 32.1. The maximum absolute atomic E-state index is 11.8.